The molecule has 2 N–H and O–H groups in total. The van der Waals surface area contributed by atoms with Gasteiger partial charge in [0.05, 0.1) is 11.3 Å². The number of ketones is 1. The maximum Gasteiger partial charge on any atom is 0.338 e. The maximum absolute atomic E-state index is 12.7. The number of carbonyl (C=O) groups is 2. The molecule has 12 heteroatoms. The van der Waals surface area contributed by atoms with Crippen LogP contribution in [0.2, 0.25) is 0 Å². The monoisotopic (exact) mass is 427 g/mol. The van der Waals surface area contributed by atoms with E-state index in [4.69, 9.17) is 10.5 Å². The number of tetrazole rings is 1. The van der Waals surface area contributed by atoms with E-state index in [1.807, 2.05) is 13.8 Å². The number of esters is 1. The van der Waals surface area contributed by atoms with Gasteiger partial charge in [-0.15, -0.1) is 5.10 Å². The van der Waals surface area contributed by atoms with E-state index >= 15 is 0 Å². The number of aromatic nitrogens is 6. The van der Waals surface area contributed by atoms with Crippen LogP contribution in [0.25, 0.3) is 5.69 Å². The summed E-state index contributed by atoms with van der Waals surface area (Å²) in [7, 11) is 1.26. The second kappa shape index (κ2) is 8.73. The summed E-state index contributed by atoms with van der Waals surface area (Å²) in [5, 5.41) is 10.8. The van der Waals surface area contributed by atoms with E-state index < -0.39 is 35.2 Å². The summed E-state index contributed by atoms with van der Waals surface area (Å²) in [4.78, 5) is 49.9. The van der Waals surface area contributed by atoms with E-state index in [9.17, 15) is 19.2 Å². The van der Waals surface area contributed by atoms with E-state index in [2.05, 4.69) is 15.5 Å². The third-order valence-electron chi connectivity index (χ3n) is 4.44. The van der Waals surface area contributed by atoms with Gasteiger partial charge in [0.1, 0.15) is 17.7 Å². The fourth-order valence-corrected chi connectivity index (χ4v) is 2.93. The van der Waals surface area contributed by atoms with Crippen molar-refractivity contribution in [3.8, 4) is 5.69 Å². The molecule has 3 aromatic rings. The Hall–Kier alpha value is -4.09. The van der Waals surface area contributed by atoms with Crippen molar-refractivity contribution in [3.05, 3.63) is 62.6 Å². The minimum atomic E-state index is -0.843. The van der Waals surface area contributed by atoms with Crippen molar-refractivity contribution in [1.82, 2.24) is 29.3 Å². The summed E-state index contributed by atoms with van der Waals surface area (Å²) in [5.74, 6) is -1.79. The highest BCUT2D eigenvalue weighted by molar-refractivity contribution is 6.02. The number of nitrogens with two attached hydrogens (primary N) is 1. The second-order valence-electron chi connectivity index (χ2n) is 7.22. The number of hydrogen-bond donors (Lipinski definition) is 1. The van der Waals surface area contributed by atoms with Crippen molar-refractivity contribution in [2.24, 2.45) is 13.0 Å². The normalized spacial score (nSPS) is 11.0. The zero-order chi connectivity index (χ0) is 22.7. The molecule has 12 nitrogen and oxygen atoms in total. The van der Waals surface area contributed by atoms with Crippen LogP contribution in [0.15, 0.2) is 40.2 Å². The van der Waals surface area contributed by atoms with E-state index in [1.165, 1.54) is 30.2 Å². The molecule has 0 fully saturated rings. The van der Waals surface area contributed by atoms with Gasteiger partial charge in [-0.25, -0.2) is 14.3 Å². The quantitative estimate of drug-likeness (QED) is 0.398. The Morgan fingerprint density at radius 2 is 1.97 bits per heavy atom. The molecule has 0 radical (unpaired) electrons. The number of ether oxygens (including phenoxy) is 1. The molecule has 0 amide bonds. The molecule has 2 heterocycles. The maximum atomic E-state index is 12.7. The Morgan fingerprint density at radius 1 is 1.23 bits per heavy atom. The lowest BCUT2D eigenvalue weighted by Gasteiger charge is -2.16. The van der Waals surface area contributed by atoms with Crippen LogP contribution in [0, 0.1) is 5.92 Å². The van der Waals surface area contributed by atoms with E-state index in [0.717, 1.165) is 9.13 Å². The van der Waals surface area contributed by atoms with Crippen LogP contribution in [0.4, 0.5) is 5.82 Å². The molecule has 0 saturated carbocycles. The van der Waals surface area contributed by atoms with Gasteiger partial charge in [-0.05, 0) is 34.5 Å². The number of Topliss-reactive ketones (excluding diaryl/α,β-unsaturated/α-hetero) is 1. The Morgan fingerprint density at radius 3 is 2.61 bits per heavy atom. The SMILES string of the molecule is CC(C)Cn1c(N)c(C(=O)COC(=O)c2cccc(-n3cnnn3)c2)c(=O)n(C)c1=O. The summed E-state index contributed by atoms with van der Waals surface area (Å²) in [6.07, 6.45) is 1.36. The molecule has 0 saturated heterocycles. The Balaban J connectivity index is 1.82. The average Bonchev–Trinajstić information content (AvgIpc) is 3.28. The lowest BCUT2D eigenvalue weighted by molar-refractivity contribution is 0.0474. The number of benzene rings is 1. The molecular formula is C19H21N7O5. The number of nitrogens with zero attached hydrogens (tertiary/aromatic N) is 6. The molecule has 31 heavy (non-hydrogen) atoms. The summed E-state index contributed by atoms with van der Waals surface area (Å²) in [5.41, 5.74) is 4.78. The molecule has 1 aromatic carbocycles. The Bertz CT molecular complexity index is 1240. The van der Waals surface area contributed by atoms with Crippen LogP contribution in [-0.2, 0) is 18.3 Å². The zero-order valence-electron chi connectivity index (χ0n) is 17.2. The minimum absolute atomic E-state index is 0.0470. The Labute approximate surface area is 175 Å². The molecule has 3 rings (SSSR count). The first-order chi connectivity index (χ1) is 14.7. The number of carbonyl (C=O) groups excluding carboxylic acids is 2. The van der Waals surface area contributed by atoms with Gasteiger partial charge in [-0.2, -0.15) is 0 Å². The van der Waals surface area contributed by atoms with Crippen LogP contribution >= 0.6 is 0 Å². The van der Waals surface area contributed by atoms with Crippen LogP contribution in [0.3, 0.4) is 0 Å². The summed E-state index contributed by atoms with van der Waals surface area (Å²) < 4.78 is 8.40. The van der Waals surface area contributed by atoms with Crippen molar-refractivity contribution in [1.29, 1.82) is 0 Å². The summed E-state index contributed by atoms with van der Waals surface area (Å²) in [6.45, 7) is 3.24. The van der Waals surface area contributed by atoms with Gasteiger partial charge in [0.15, 0.2) is 6.61 Å². The highest BCUT2D eigenvalue weighted by atomic mass is 16.5. The topological polar surface area (TPSA) is 157 Å². The highest BCUT2D eigenvalue weighted by Gasteiger charge is 2.23. The van der Waals surface area contributed by atoms with Gasteiger partial charge in [0, 0.05) is 13.6 Å². The predicted molar refractivity (Wildman–Crippen MR) is 109 cm³/mol. The van der Waals surface area contributed by atoms with Gasteiger partial charge >= 0.3 is 11.7 Å². The van der Waals surface area contributed by atoms with Crippen LogP contribution < -0.4 is 17.0 Å². The molecule has 162 valence electrons. The fourth-order valence-electron chi connectivity index (χ4n) is 2.93. The summed E-state index contributed by atoms with van der Waals surface area (Å²) >= 11 is 0. The van der Waals surface area contributed by atoms with Crippen LogP contribution in [0.5, 0.6) is 0 Å². The van der Waals surface area contributed by atoms with Gasteiger partial charge in [-0.1, -0.05) is 19.9 Å². The van der Waals surface area contributed by atoms with Crippen molar-refractivity contribution in [3.63, 3.8) is 0 Å². The van der Waals surface area contributed by atoms with Crippen molar-refractivity contribution in [2.75, 3.05) is 12.3 Å². The molecule has 0 atom stereocenters. The molecule has 0 aliphatic rings. The molecule has 0 bridgehead atoms. The molecule has 0 unspecified atom stereocenters. The molecule has 0 aliphatic carbocycles. The highest BCUT2D eigenvalue weighted by Crippen LogP contribution is 2.12. The number of hydrogen-bond acceptors (Lipinski definition) is 9. The van der Waals surface area contributed by atoms with Crippen LogP contribution in [0.1, 0.15) is 34.6 Å². The summed E-state index contributed by atoms with van der Waals surface area (Å²) in [6, 6.07) is 6.27. The van der Waals surface area contributed by atoms with E-state index in [-0.39, 0.29) is 23.8 Å². The predicted octanol–water partition coefficient (Wildman–Crippen LogP) is -0.199. The lowest BCUT2D eigenvalue weighted by atomic mass is 10.1. The van der Waals surface area contributed by atoms with Gasteiger partial charge in [0.25, 0.3) is 5.56 Å². The van der Waals surface area contributed by atoms with Crippen molar-refractivity contribution >= 4 is 17.6 Å². The van der Waals surface area contributed by atoms with Gasteiger partial charge in [0.2, 0.25) is 5.78 Å². The smallest absolute Gasteiger partial charge is 0.338 e. The van der Waals surface area contributed by atoms with Crippen molar-refractivity contribution in [2.45, 2.75) is 20.4 Å². The van der Waals surface area contributed by atoms with E-state index in [1.54, 1.807) is 12.1 Å². The standard InChI is InChI=1S/C19H21N7O5/c1-11(2)8-25-16(20)15(17(28)24(3)19(25)30)14(27)9-31-18(29)12-5-4-6-13(7-12)26-10-21-22-23-26/h4-7,10-11H,8-9,20H2,1-3H3. The first-order valence-corrected chi connectivity index (χ1v) is 9.33. The number of rotatable bonds is 7. The molecule has 2 aromatic heterocycles. The van der Waals surface area contributed by atoms with Gasteiger partial charge < -0.3 is 10.5 Å². The largest absolute Gasteiger partial charge is 0.454 e. The van der Waals surface area contributed by atoms with Gasteiger partial charge in [-0.3, -0.25) is 18.7 Å². The third kappa shape index (κ3) is 4.42. The molecule has 0 spiro atoms. The first kappa shape index (κ1) is 21.6. The lowest BCUT2D eigenvalue weighted by Crippen LogP contribution is -2.43. The molecular weight excluding hydrogens is 406 g/mol. The fraction of sp³-hybridized carbons (Fsp3) is 0.316. The first-order valence-electron chi connectivity index (χ1n) is 9.33. The molecule has 0 aliphatic heterocycles. The second-order valence-corrected chi connectivity index (χ2v) is 7.22. The van der Waals surface area contributed by atoms with Crippen molar-refractivity contribution < 1.29 is 14.3 Å². The number of anilines is 1. The zero-order valence-corrected chi connectivity index (χ0v) is 17.2. The van der Waals surface area contributed by atoms with E-state index in [0.29, 0.717) is 5.69 Å². The van der Waals surface area contributed by atoms with Crippen LogP contribution in [-0.4, -0.2) is 47.7 Å². The average molecular weight is 427 g/mol. The number of nitrogen functional groups attached to an aromatic ring is 1. The third-order valence-corrected chi connectivity index (χ3v) is 4.44. The Kier molecular flexibility index (Phi) is 6.09. The minimum Gasteiger partial charge on any atom is -0.454 e.